The van der Waals surface area contributed by atoms with E-state index in [0.717, 1.165) is 36.9 Å². The Balaban J connectivity index is 1.58. The standard InChI is InChI=1S/C18H24N2O4S/c21-18(15-7-11-24-13-15)20-10-6-14-12-16(4-5-17(14)20)25(22,23)19-8-2-1-3-9-19/h4-5,12,15H,1-3,6-11,13H2. The Morgan fingerprint density at radius 1 is 1.12 bits per heavy atom. The largest absolute Gasteiger partial charge is 0.381 e. The van der Waals surface area contributed by atoms with Crippen molar-refractivity contribution in [2.24, 2.45) is 5.92 Å². The summed E-state index contributed by atoms with van der Waals surface area (Å²) in [5.41, 5.74) is 1.81. The van der Waals surface area contributed by atoms with Crippen molar-refractivity contribution in [2.45, 2.75) is 37.0 Å². The van der Waals surface area contributed by atoms with Crippen molar-refractivity contribution in [3.63, 3.8) is 0 Å². The second-order valence-electron chi connectivity index (χ2n) is 7.06. The monoisotopic (exact) mass is 364 g/mol. The van der Waals surface area contributed by atoms with E-state index < -0.39 is 10.0 Å². The first-order valence-corrected chi connectivity index (χ1v) is 10.5. The van der Waals surface area contributed by atoms with Crippen LogP contribution >= 0.6 is 0 Å². The van der Waals surface area contributed by atoms with Gasteiger partial charge in [0.1, 0.15) is 0 Å². The van der Waals surface area contributed by atoms with E-state index in [1.54, 1.807) is 27.4 Å². The highest BCUT2D eigenvalue weighted by Crippen LogP contribution is 2.33. The number of hydrogen-bond acceptors (Lipinski definition) is 4. The molecular weight excluding hydrogens is 340 g/mol. The van der Waals surface area contributed by atoms with Crippen LogP contribution in [0, 0.1) is 5.92 Å². The predicted octanol–water partition coefficient (Wildman–Crippen LogP) is 1.79. The number of carbonyl (C=O) groups excluding carboxylic acids is 1. The van der Waals surface area contributed by atoms with E-state index in [4.69, 9.17) is 4.74 Å². The van der Waals surface area contributed by atoms with Gasteiger partial charge in [0, 0.05) is 31.9 Å². The molecule has 1 unspecified atom stereocenters. The highest BCUT2D eigenvalue weighted by molar-refractivity contribution is 7.89. The van der Waals surface area contributed by atoms with E-state index in [-0.39, 0.29) is 11.8 Å². The van der Waals surface area contributed by atoms with Gasteiger partial charge in [-0.1, -0.05) is 6.42 Å². The second kappa shape index (κ2) is 6.70. The number of sulfonamides is 1. The van der Waals surface area contributed by atoms with E-state index in [2.05, 4.69) is 0 Å². The third-order valence-electron chi connectivity index (χ3n) is 5.44. The van der Waals surface area contributed by atoms with Crippen LogP contribution in [-0.2, 0) is 26.0 Å². The summed E-state index contributed by atoms with van der Waals surface area (Å²) in [6, 6.07) is 5.21. The van der Waals surface area contributed by atoms with Crippen LogP contribution < -0.4 is 4.90 Å². The molecule has 0 N–H and O–H groups in total. The van der Waals surface area contributed by atoms with Gasteiger partial charge in [-0.25, -0.2) is 8.42 Å². The van der Waals surface area contributed by atoms with Crippen LogP contribution in [0.5, 0.6) is 0 Å². The molecule has 2 fully saturated rings. The number of anilines is 1. The molecule has 2 saturated heterocycles. The van der Waals surface area contributed by atoms with E-state index in [1.165, 1.54) is 0 Å². The molecular formula is C18H24N2O4S. The van der Waals surface area contributed by atoms with Crippen molar-refractivity contribution in [1.29, 1.82) is 0 Å². The molecule has 3 aliphatic rings. The molecule has 0 radical (unpaired) electrons. The number of benzene rings is 1. The zero-order chi connectivity index (χ0) is 17.4. The summed E-state index contributed by atoms with van der Waals surface area (Å²) in [5, 5.41) is 0. The molecule has 1 aromatic rings. The van der Waals surface area contributed by atoms with Crippen LogP contribution in [0.25, 0.3) is 0 Å². The lowest BCUT2D eigenvalue weighted by Crippen LogP contribution is -2.36. The smallest absolute Gasteiger partial charge is 0.243 e. The molecule has 0 spiro atoms. The molecule has 4 rings (SSSR count). The summed E-state index contributed by atoms with van der Waals surface area (Å²) in [6.45, 7) is 2.96. The van der Waals surface area contributed by atoms with Gasteiger partial charge in [0.25, 0.3) is 0 Å². The topological polar surface area (TPSA) is 66.9 Å². The van der Waals surface area contributed by atoms with Crippen molar-refractivity contribution in [3.05, 3.63) is 23.8 Å². The Morgan fingerprint density at radius 3 is 2.64 bits per heavy atom. The van der Waals surface area contributed by atoms with Crippen molar-refractivity contribution < 1.29 is 17.9 Å². The maximum atomic E-state index is 12.8. The highest BCUT2D eigenvalue weighted by Gasteiger charge is 2.34. The summed E-state index contributed by atoms with van der Waals surface area (Å²) < 4.78 is 32.6. The van der Waals surface area contributed by atoms with Gasteiger partial charge >= 0.3 is 0 Å². The Bertz CT molecular complexity index is 765. The molecule has 0 aromatic heterocycles. The number of carbonyl (C=O) groups is 1. The molecule has 1 amide bonds. The minimum absolute atomic E-state index is 0.0669. The predicted molar refractivity (Wildman–Crippen MR) is 94.0 cm³/mol. The van der Waals surface area contributed by atoms with Gasteiger partial charge < -0.3 is 9.64 Å². The summed E-state index contributed by atoms with van der Waals surface area (Å²) in [7, 11) is -3.43. The first-order valence-electron chi connectivity index (χ1n) is 9.09. The fourth-order valence-corrected chi connectivity index (χ4v) is 5.54. The minimum atomic E-state index is -3.43. The fourth-order valence-electron chi connectivity index (χ4n) is 3.97. The van der Waals surface area contributed by atoms with Crippen molar-refractivity contribution >= 4 is 21.6 Å². The Morgan fingerprint density at radius 2 is 1.92 bits per heavy atom. The number of rotatable bonds is 3. The average molecular weight is 364 g/mol. The van der Waals surface area contributed by atoms with Gasteiger partial charge in [0.2, 0.25) is 15.9 Å². The molecule has 0 saturated carbocycles. The zero-order valence-corrected chi connectivity index (χ0v) is 15.1. The molecule has 7 heteroatoms. The number of ether oxygens (including phenoxy) is 1. The second-order valence-corrected chi connectivity index (χ2v) is 8.99. The fraction of sp³-hybridized carbons (Fsp3) is 0.611. The van der Waals surface area contributed by atoms with Crippen LogP contribution in [0.2, 0.25) is 0 Å². The number of fused-ring (bicyclic) bond motifs is 1. The zero-order valence-electron chi connectivity index (χ0n) is 14.3. The van der Waals surface area contributed by atoms with Crippen molar-refractivity contribution in [3.8, 4) is 0 Å². The molecule has 6 nitrogen and oxygen atoms in total. The summed E-state index contributed by atoms with van der Waals surface area (Å²) in [5.74, 6) is 0.0330. The van der Waals surface area contributed by atoms with Gasteiger partial charge in [-0.15, -0.1) is 0 Å². The maximum Gasteiger partial charge on any atom is 0.243 e. The van der Waals surface area contributed by atoms with Crippen molar-refractivity contribution in [2.75, 3.05) is 37.7 Å². The van der Waals surface area contributed by atoms with E-state index >= 15 is 0 Å². The van der Waals surface area contributed by atoms with Crippen LogP contribution in [0.4, 0.5) is 5.69 Å². The Labute approximate surface area is 148 Å². The number of nitrogens with zero attached hydrogens (tertiary/aromatic N) is 2. The van der Waals surface area contributed by atoms with Crippen LogP contribution in [0.15, 0.2) is 23.1 Å². The van der Waals surface area contributed by atoms with Crippen LogP contribution in [0.1, 0.15) is 31.2 Å². The lowest BCUT2D eigenvalue weighted by molar-refractivity contribution is -0.122. The maximum absolute atomic E-state index is 12.8. The first kappa shape index (κ1) is 17.0. The molecule has 3 heterocycles. The molecule has 0 aliphatic carbocycles. The van der Waals surface area contributed by atoms with E-state index in [1.807, 2.05) is 0 Å². The minimum Gasteiger partial charge on any atom is -0.381 e. The van der Waals surface area contributed by atoms with E-state index in [9.17, 15) is 13.2 Å². The van der Waals surface area contributed by atoms with Crippen LogP contribution in [0.3, 0.4) is 0 Å². The quantitative estimate of drug-likeness (QED) is 0.820. The normalized spacial score (nSPS) is 24.5. The Kier molecular flexibility index (Phi) is 4.56. The molecule has 0 bridgehead atoms. The molecule has 3 aliphatic heterocycles. The lowest BCUT2D eigenvalue weighted by Gasteiger charge is -2.26. The first-order chi connectivity index (χ1) is 12.1. The van der Waals surface area contributed by atoms with E-state index in [0.29, 0.717) is 44.2 Å². The number of amides is 1. The van der Waals surface area contributed by atoms with Gasteiger partial charge in [-0.3, -0.25) is 4.79 Å². The summed E-state index contributed by atoms with van der Waals surface area (Å²) in [6.07, 6.45) is 4.42. The third-order valence-corrected chi connectivity index (χ3v) is 7.34. The lowest BCUT2D eigenvalue weighted by atomic mass is 10.1. The summed E-state index contributed by atoms with van der Waals surface area (Å²) >= 11 is 0. The van der Waals surface area contributed by atoms with Gasteiger partial charge in [-0.2, -0.15) is 4.31 Å². The Hall–Kier alpha value is -1.44. The average Bonchev–Trinajstić information content (AvgIpc) is 3.31. The van der Waals surface area contributed by atoms with Crippen molar-refractivity contribution in [1.82, 2.24) is 4.31 Å². The van der Waals surface area contributed by atoms with Gasteiger partial charge in [-0.05, 0) is 49.4 Å². The SMILES string of the molecule is O=C(C1CCOC1)N1CCc2cc(S(=O)(=O)N3CCCCC3)ccc21. The third kappa shape index (κ3) is 3.09. The van der Waals surface area contributed by atoms with Gasteiger partial charge in [0.05, 0.1) is 17.4 Å². The molecule has 25 heavy (non-hydrogen) atoms. The van der Waals surface area contributed by atoms with Gasteiger partial charge in [0.15, 0.2) is 0 Å². The summed E-state index contributed by atoms with van der Waals surface area (Å²) in [4.78, 5) is 14.8. The van der Waals surface area contributed by atoms with Crippen LogP contribution in [-0.4, -0.2) is 51.5 Å². The molecule has 1 atom stereocenters. The molecule has 1 aromatic carbocycles. The highest BCUT2D eigenvalue weighted by atomic mass is 32.2. The number of piperidine rings is 1. The number of hydrogen-bond donors (Lipinski definition) is 0. The molecule has 136 valence electrons.